The van der Waals surface area contributed by atoms with Crippen LogP contribution in [0.15, 0.2) is 43.5 Å². The number of benzene rings is 1. The molecule has 0 saturated carbocycles. The number of aromatic amines is 1. The Kier molecular flexibility index (Phi) is 5.16. The highest BCUT2D eigenvalue weighted by Crippen LogP contribution is 2.18. The van der Waals surface area contributed by atoms with Crippen molar-refractivity contribution < 1.29 is 5.11 Å². The topological polar surface area (TPSA) is 92.9 Å². The highest BCUT2D eigenvalue weighted by molar-refractivity contribution is 9.10. The molecule has 1 atom stereocenters. The van der Waals surface area contributed by atoms with Crippen LogP contribution < -0.4 is 11.2 Å². The number of hydrogen-bond donors (Lipinski definition) is 2. The standard InChI is InChI=1S/C16H17BrN4O3S/c1-9(22)8-25-16-19-14(23)12-13(20(16)2)18-15(24)21(12)7-10-4-3-5-11(17)6-10/h3-6,9,22H,7-8H2,1-2H3,(H,18,24). The van der Waals surface area contributed by atoms with E-state index in [1.54, 1.807) is 18.5 Å². The normalized spacial score (nSPS) is 12.6. The number of aromatic nitrogens is 4. The van der Waals surface area contributed by atoms with E-state index in [9.17, 15) is 14.7 Å². The highest BCUT2D eigenvalue weighted by Gasteiger charge is 2.17. The van der Waals surface area contributed by atoms with Crippen LogP contribution in [0, 0.1) is 0 Å². The average Bonchev–Trinajstić information content (AvgIpc) is 2.87. The minimum atomic E-state index is -0.516. The van der Waals surface area contributed by atoms with Gasteiger partial charge in [-0.1, -0.05) is 39.8 Å². The third kappa shape index (κ3) is 3.73. The number of rotatable bonds is 5. The van der Waals surface area contributed by atoms with Crippen molar-refractivity contribution in [2.24, 2.45) is 7.05 Å². The van der Waals surface area contributed by atoms with Gasteiger partial charge in [-0.25, -0.2) is 4.79 Å². The summed E-state index contributed by atoms with van der Waals surface area (Å²) in [7, 11) is 1.73. The number of H-pyrrole nitrogens is 1. The Hall–Kier alpha value is -1.84. The number of aliphatic hydroxyl groups excluding tert-OH is 1. The maximum atomic E-state index is 12.5. The van der Waals surface area contributed by atoms with Gasteiger partial charge in [0.25, 0.3) is 5.56 Å². The first-order valence-corrected chi connectivity index (χ1v) is 9.39. The van der Waals surface area contributed by atoms with E-state index in [1.807, 2.05) is 24.3 Å². The van der Waals surface area contributed by atoms with E-state index in [0.717, 1.165) is 10.0 Å². The van der Waals surface area contributed by atoms with Crippen molar-refractivity contribution in [3.8, 4) is 0 Å². The van der Waals surface area contributed by atoms with Gasteiger partial charge in [0.2, 0.25) is 0 Å². The molecular formula is C16H17BrN4O3S. The minimum Gasteiger partial charge on any atom is -0.393 e. The first kappa shape index (κ1) is 18.0. The van der Waals surface area contributed by atoms with Crippen LogP contribution in [0.1, 0.15) is 12.5 Å². The first-order valence-electron chi connectivity index (χ1n) is 7.61. The fourth-order valence-corrected chi connectivity index (χ4v) is 3.79. The predicted octanol–water partition coefficient (Wildman–Crippen LogP) is 1.71. The van der Waals surface area contributed by atoms with Crippen LogP contribution in [-0.2, 0) is 13.6 Å². The van der Waals surface area contributed by atoms with Crippen molar-refractivity contribution in [1.29, 1.82) is 0 Å². The Labute approximate surface area is 155 Å². The maximum absolute atomic E-state index is 12.5. The number of imidazole rings is 1. The SMILES string of the molecule is CC(O)CSc1nc(=O)c2c([nH]c(=O)n2Cc2cccc(Br)c2)n1C. The lowest BCUT2D eigenvalue weighted by Crippen LogP contribution is -2.22. The van der Waals surface area contributed by atoms with Gasteiger partial charge in [0, 0.05) is 17.3 Å². The Morgan fingerprint density at radius 2 is 2.16 bits per heavy atom. The third-order valence-corrected chi connectivity index (χ3v) is 5.44. The molecule has 0 spiro atoms. The number of aliphatic hydroxyl groups is 1. The van der Waals surface area contributed by atoms with Gasteiger partial charge in [-0.3, -0.25) is 14.3 Å². The summed E-state index contributed by atoms with van der Waals surface area (Å²) in [5.41, 5.74) is 0.741. The molecule has 3 aromatic rings. The minimum absolute atomic E-state index is 0.244. The molecule has 3 rings (SSSR count). The molecule has 0 fully saturated rings. The van der Waals surface area contributed by atoms with Gasteiger partial charge in [-0.2, -0.15) is 4.98 Å². The van der Waals surface area contributed by atoms with E-state index >= 15 is 0 Å². The second-order valence-electron chi connectivity index (χ2n) is 5.76. The summed E-state index contributed by atoms with van der Waals surface area (Å²) in [6.07, 6.45) is -0.516. The molecule has 0 bridgehead atoms. The number of fused-ring (bicyclic) bond motifs is 1. The lowest BCUT2D eigenvalue weighted by atomic mass is 10.2. The van der Waals surface area contributed by atoms with Crippen molar-refractivity contribution >= 4 is 38.9 Å². The van der Waals surface area contributed by atoms with Crippen molar-refractivity contribution in [2.75, 3.05) is 5.75 Å². The van der Waals surface area contributed by atoms with Crippen LogP contribution in [-0.4, -0.2) is 36.1 Å². The lowest BCUT2D eigenvalue weighted by molar-refractivity contribution is 0.220. The summed E-state index contributed by atoms with van der Waals surface area (Å²) in [6.45, 7) is 1.94. The molecule has 0 aliphatic carbocycles. The predicted molar refractivity (Wildman–Crippen MR) is 101 cm³/mol. The Morgan fingerprint density at radius 1 is 1.40 bits per heavy atom. The van der Waals surface area contributed by atoms with Gasteiger partial charge < -0.3 is 9.67 Å². The Balaban J connectivity index is 2.09. The molecule has 0 amide bonds. The van der Waals surface area contributed by atoms with Crippen LogP contribution >= 0.6 is 27.7 Å². The Bertz CT molecular complexity index is 1040. The van der Waals surface area contributed by atoms with Gasteiger partial charge in [-0.05, 0) is 24.6 Å². The van der Waals surface area contributed by atoms with Gasteiger partial charge in [0.15, 0.2) is 10.7 Å². The summed E-state index contributed by atoms with van der Waals surface area (Å²) in [4.78, 5) is 31.7. The smallest absolute Gasteiger partial charge is 0.328 e. The molecule has 0 radical (unpaired) electrons. The number of halogens is 1. The highest BCUT2D eigenvalue weighted by atomic mass is 79.9. The summed E-state index contributed by atoms with van der Waals surface area (Å²) in [5, 5.41) is 9.87. The lowest BCUT2D eigenvalue weighted by Gasteiger charge is -2.09. The summed E-state index contributed by atoms with van der Waals surface area (Å²) < 4.78 is 3.97. The zero-order valence-electron chi connectivity index (χ0n) is 13.7. The number of hydrogen-bond acceptors (Lipinski definition) is 5. The molecule has 1 unspecified atom stereocenters. The zero-order valence-corrected chi connectivity index (χ0v) is 16.1. The quantitative estimate of drug-likeness (QED) is 0.480. The van der Waals surface area contributed by atoms with E-state index in [0.29, 0.717) is 16.6 Å². The number of nitrogens with zero attached hydrogens (tertiary/aromatic N) is 3. The molecule has 0 aliphatic rings. The van der Waals surface area contributed by atoms with Crippen LogP contribution in [0.25, 0.3) is 11.2 Å². The fraction of sp³-hybridized carbons (Fsp3) is 0.312. The molecule has 2 heterocycles. The molecule has 7 nitrogen and oxygen atoms in total. The molecule has 132 valence electrons. The summed E-state index contributed by atoms with van der Waals surface area (Å²) in [5.74, 6) is 0.411. The molecule has 2 N–H and O–H groups in total. The van der Waals surface area contributed by atoms with E-state index < -0.39 is 11.7 Å². The second kappa shape index (κ2) is 7.19. The Morgan fingerprint density at radius 3 is 2.84 bits per heavy atom. The molecule has 0 saturated heterocycles. The van der Waals surface area contributed by atoms with E-state index in [2.05, 4.69) is 25.9 Å². The third-order valence-electron chi connectivity index (χ3n) is 3.67. The maximum Gasteiger partial charge on any atom is 0.328 e. The molecule has 0 aliphatic heterocycles. The monoisotopic (exact) mass is 424 g/mol. The van der Waals surface area contributed by atoms with Gasteiger partial charge in [-0.15, -0.1) is 0 Å². The number of thioether (sulfide) groups is 1. The van der Waals surface area contributed by atoms with Crippen molar-refractivity contribution in [1.82, 2.24) is 19.1 Å². The summed E-state index contributed by atoms with van der Waals surface area (Å²) in [6, 6.07) is 7.56. The van der Waals surface area contributed by atoms with Crippen LogP contribution in [0.3, 0.4) is 0 Å². The van der Waals surface area contributed by atoms with Crippen molar-refractivity contribution in [3.63, 3.8) is 0 Å². The molecule has 2 aromatic heterocycles. The second-order valence-corrected chi connectivity index (χ2v) is 7.66. The van der Waals surface area contributed by atoms with Crippen LogP contribution in [0.4, 0.5) is 0 Å². The zero-order chi connectivity index (χ0) is 18.1. The number of nitrogens with one attached hydrogen (secondary N) is 1. The van der Waals surface area contributed by atoms with Gasteiger partial charge >= 0.3 is 5.69 Å². The molecular weight excluding hydrogens is 408 g/mol. The average molecular weight is 425 g/mol. The summed E-state index contributed by atoms with van der Waals surface area (Å²) >= 11 is 4.67. The molecule has 25 heavy (non-hydrogen) atoms. The van der Waals surface area contributed by atoms with E-state index in [1.165, 1.54) is 16.3 Å². The van der Waals surface area contributed by atoms with Gasteiger partial charge in [0.05, 0.1) is 12.6 Å². The molecule has 1 aromatic carbocycles. The van der Waals surface area contributed by atoms with E-state index in [-0.39, 0.29) is 17.8 Å². The molecule has 9 heteroatoms. The van der Waals surface area contributed by atoms with Crippen LogP contribution in [0.2, 0.25) is 0 Å². The van der Waals surface area contributed by atoms with Crippen LogP contribution in [0.5, 0.6) is 0 Å². The van der Waals surface area contributed by atoms with Gasteiger partial charge in [0.1, 0.15) is 5.65 Å². The first-order chi connectivity index (χ1) is 11.9. The largest absolute Gasteiger partial charge is 0.393 e. The van der Waals surface area contributed by atoms with Crippen molar-refractivity contribution in [2.45, 2.75) is 24.7 Å². The van der Waals surface area contributed by atoms with Crippen molar-refractivity contribution in [3.05, 3.63) is 55.1 Å². The fourth-order valence-electron chi connectivity index (χ4n) is 2.52. The number of aryl methyl sites for hydroxylation is 1. The van der Waals surface area contributed by atoms with E-state index in [4.69, 9.17) is 0 Å².